The standard InChI is InChI=1S/C11H12N4O2/c1-7(11(16)17-2)14-9-4-3-8-10(15-9)13-6-5-12-8/h3-7H,1-2H3,(H,13,14,15). The number of hydrogen-bond acceptors (Lipinski definition) is 6. The first-order valence-electron chi connectivity index (χ1n) is 5.13. The van der Waals surface area contributed by atoms with Gasteiger partial charge in [-0.2, -0.15) is 0 Å². The van der Waals surface area contributed by atoms with Crippen molar-refractivity contribution in [3.63, 3.8) is 0 Å². The maximum absolute atomic E-state index is 11.2. The van der Waals surface area contributed by atoms with Crippen LogP contribution in [-0.4, -0.2) is 34.1 Å². The van der Waals surface area contributed by atoms with E-state index in [4.69, 9.17) is 0 Å². The lowest BCUT2D eigenvalue weighted by atomic mass is 10.3. The summed E-state index contributed by atoms with van der Waals surface area (Å²) in [4.78, 5) is 23.7. The molecule has 2 rings (SSSR count). The number of aromatic nitrogens is 3. The van der Waals surface area contributed by atoms with Gasteiger partial charge in [-0.1, -0.05) is 0 Å². The average molecular weight is 232 g/mol. The lowest BCUT2D eigenvalue weighted by Crippen LogP contribution is -2.27. The first kappa shape index (κ1) is 11.3. The summed E-state index contributed by atoms with van der Waals surface area (Å²) in [5.41, 5.74) is 1.25. The minimum absolute atomic E-state index is 0.342. The van der Waals surface area contributed by atoms with Crippen molar-refractivity contribution >= 4 is 23.0 Å². The molecule has 2 heterocycles. The fraction of sp³-hybridized carbons (Fsp3) is 0.273. The van der Waals surface area contributed by atoms with Crippen LogP contribution >= 0.6 is 0 Å². The molecular formula is C11H12N4O2. The highest BCUT2D eigenvalue weighted by atomic mass is 16.5. The number of rotatable bonds is 3. The molecule has 0 fully saturated rings. The molecular weight excluding hydrogens is 220 g/mol. The number of hydrogen-bond donors (Lipinski definition) is 1. The highest BCUT2D eigenvalue weighted by molar-refractivity contribution is 5.79. The molecule has 0 aromatic carbocycles. The van der Waals surface area contributed by atoms with Crippen molar-refractivity contribution in [3.8, 4) is 0 Å². The molecule has 0 aliphatic carbocycles. The Kier molecular flexibility index (Phi) is 3.13. The number of esters is 1. The first-order valence-corrected chi connectivity index (χ1v) is 5.13. The van der Waals surface area contributed by atoms with Crippen molar-refractivity contribution in [2.45, 2.75) is 13.0 Å². The molecule has 0 spiro atoms. The zero-order valence-corrected chi connectivity index (χ0v) is 9.54. The summed E-state index contributed by atoms with van der Waals surface area (Å²) >= 11 is 0. The Morgan fingerprint density at radius 3 is 2.88 bits per heavy atom. The van der Waals surface area contributed by atoms with Gasteiger partial charge in [-0.15, -0.1) is 0 Å². The molecule has 2 aromatic heterocycles. The van der Waals surface area contributed by atoms with E-state index in [0.717, 1.165) is 0 Å². The molecule has 0 aliphatic rings. The monoisotopic (exact) mass is 232 g/mol. The van der Waals surface area contributed by atoms with Gasteiger partial charge >= 0.3 is 5.97 Å². The van der Waals surface area contributed by atoms with E-state index in [-0.39, 0.29) is 5.97 Å². The molecule has 1 N–H and O–H groups in total. The van der Waals surface area contributed by atoms with E-state index in [1.54, 1.807) is 31.5 Å². The third kappa shape index (κ3) is 2.47. The fourth-order valence-corrected chi connectivity index (χ4v) is 1.39. The summed E-state index contributed by atoms with van der Waals surface area (Å²) in [5, 5.41) is 2.93. The van der Waals surface area contributed by atoms with Gasteiger partial charge in [0.05, 0.1) is 7.11 Å². The minimum Gasteiger partial charge on any atom is -0.467 e. The van der Waals surface area contributed by atoms with Gasteiger partial charge in [0, 0.05) is 12.4 Å². The molecule has 1 unspecified atom stereocenters. The third-order valence-electron chi connectivity index (χ3n) is 2.25. The Morgan fingerprint density at radius 2 is 2.12 bits per heavy atom. The van der Waals surface area contributed by atoms with Gasteiger partial charge in [0.25, 0.3) is 0 Å². The second-order valence-electron chi connectivity index (χ2n) is 3.48. The smallest absolute Gasteiger partial charge is 0.328 e. The van der Waals surface area contributed by atoms with E-state index in [9.17, 15) is 4.79 Å². The molecule has 6 heteroatoms. The molecule has 88 valence electrons. The SMILES string of the molecule is COC(=O)C(C)Nc1ccc2nccnc2n1. The maximum atomic E-state index is 11.2. The molecule has 0 bridgehead atoms. The zero-order valence-electron chi connectivity index (χ0n) is 9.54. The lowest BCUT2D eigenvalue weighted by molar-refractivity contribution is -0.141. The van der Waals surface area contributed by atoms with Crippen LogP contribution in [0.4, 0.5) is 5.82 Å². The predicted molar refractivity (Wildman–Crippen MR) is 62.4 cm³/mol. The van der Waals surface area contributed by atoms with Crippen molar-refractivity contribution in [3.05, 3.63) is 24.5 Å². The van der Waals surface area contributed by atoms with Crippen LogP contribution in [0.15, 0.2) is 24.5 Å². The predicted octanol–water partition coefficient (Wildman–Crippen LogP) is 0.998. The normalized spacial score (nSPS) is 12.1. The molecule has 17 heavy (non-hydrogen) atoms. The summed E-state index contributed by atoms with van der Waals surface area (Å²) in [7, 11) is 1.35. The first-order chi connectivity index (χ1) is 8.20. The largest absolute Gasteiger partial charge is 0.467 e. The van der Waals surface area contributed by atoms with Gasteiger partial charge in [-0.3, -0.25) is 4.98 Å². The molecule has 0 saturated carbocycles. The summed E-state index contributed by atoms with van der Waals surface area (Å²) in [6, 6.07) is 3.08. The van der Waals surface area contributed by atoms with Crippen molar-refractivity contribution < 1.29 is 9.53 Å². The highest BCUT2D eigenvalue weighted by Gasteiger charge is 2.13. The second kappa shape index (κ2) is 4.73. The zero-order chi connectivity index (χ0) is 12.3. The van der Waals surface area contributed by atoms with Crippen LogP contribution in [0.1, 0.15) is 6.92 Å². The average Bonchev–Trinajstić information content (AvgIpc) is 2.37. The van der Waals surface area contributed by atoms with Gasteiger partial charge in [0.1, 0.15) is 17.4 Å². The number of fused-ring (bicyclic) bond motifs is 1. The van der Waals surface area contributed by atoms with E-state index in [2.05, 4.69) is 25.0 Å². The fourth-order valence-electron chi connectivity index (χ4n) is 1.39. The van der Waals surface area contributed by atoms with Gasteiger partial charge in [0.2, 0.25) is 0 Å². The van der Waals surface area contributed by atoms with Gasteiger partial charge in [-0.25, -0.2) is 14.8 Å². The molecule has 2 aromatic rings. The number of nitrogens with one attached hydrogen (secondary N) is 1. The molecule has 1 atom stereocenters. The Bertz CT molecular complexity index is 544. The number of carbonyl (C=O) groups is 1. The summed E-state index contributed by atoms with van der Waals surface area (Å²) < 4.78 is 4.61. The second-order valence-corrected chi connectivity index (χ2v) is 3.48. The minimum atomic E-state index is -0.457. The number of anilines is 1. The highest BCUT2D eigenvalue weighted by Crippen LogP contribution is 2.11. The molecule has 6 nitrogen and oxygen atoms in total. The van der Waals surface area contributed by atoms with Crippen molar-refractivity contribution in [1.82, 2.24) is 15.0 Å². The number of carbonyl (C=O) groups excluding carboxylic acids is 1. The molecule has 0 radical (unpaired) electrons. The van der Waals surface area contributed by atoms with Crippen LogP contribution in [0.3, 0.4) is 0 Å². The van der Waals surface area contributed by atoms with E-state index < -0.39 is 6.04 Å². The molecule has 0 amide bonds. The van der Waals surface area contributed by atoms with Crippen LogP contribution in [0, 0.1) is 0 Å². The van der Waals surface area contributed by atoms with Crippen LogP contribution in [0.5, 0.6) is 0 Å². The van der Waals surface area contributed by atoms with E-state index >= 15 is 0 Å². The lowest BCUT2D eigenvalue weighted by Gasteiger charge is -2.11. The van der Waals surface area contributed by atoms with Crippen molar-refractivity contribution in [2.24, 2.45) is 0 Å². The number of methoxy groups -OCH3 is 1. The maximum Gasteiger partial charge on any atom is 0.328 e. The van der Waals surface area contributed by atoms with Gasteiger partial charge < -0.3 is 10.1 Å². The summed E-state index contributed by atoms with van der Waals surface area (Å²) in [5.74, 6) is 0.224. The van der Waals surface area contributed by atoms with Gasteiger partial charge in [-0.05, 0) is 19.1 Å². The number of nitrogens with zero attached hydrogens (tertiary/aromatic N) is 3. The Hall–Kier alpha value is -2.24. The number of pyridine rings is 1. The molecule has 0 aliphatic heterocycles. The van der Waals surface area contributed by atoms with E-state index in [1.165, 1.54) is 7.11 Å². The Balaban J connectivity index is 2.22. The van der Waals surface area contributed by atoms with E-state index in [1.807, 2.05) is 0 Å². The van der Waals surface area contributed by atoms with Gasteiger partial charge in [0.15, 0.2) is 5.65 Å². The van der Waals surface area contributed by atoms with Crippen LogP contribution in [0.2, 0.25) is 0 Å². The topological polar surface area (TPSA) is 77.0 Å². The Labute approximate surface area is 98.1 Å². The van der Waals surface area contributed by atoms with Crippen molar-refractivity contribution in [1.29, 1.82) is 0 Å². The molecule has 0 saturated heterocycles. The summed E-state index contributed by atoms with van der Waals surface area (Å²) in [6.07, 6.45) is 3.18. The third-order valence-corrected chi connectivity index (χ3v) is 2.25. The van der Waals surface area contributed by atoms with Crippen LogP contribution in [-0.2, 0) is 9.53 Å². The Morgan fingerprint density at radius 1 is 1.35 bits per heavy atom. The van der Waals surface area contributed by atoms with E-state index in [0.29, 0.717) is 17.0 Å². The van der Waals surface area contributed by atoms with Crippen molar-refractivity contribution in [2.75, 3.05) is 12.4 Å². The van der Waals surface area contributed by atoms with Crippen LogP contribution in [0.25, 0.3) is 11.2 Å². The number of ether oxygens (including phenoxy) is 1. The quantitative estimate of drug-likeness (QED) is 0.795. The van der Waals surface area contributed by atoms with Crippen LogP contribution < -0.4 is 5.32 Å². The summed E-state index contributed by atoms with van der Waals surface area (Å²) in [6.45, 7) is 1.70.